The maximum atomic E-state index is 11.9. The smallest absolute Gasteiger partial charge is 0.324 e. The van der Waals surface area contributed by atoms with Crippen molar-refractivity contribution in [3.05, 3.63) is 29.6 Å². The molecule has 1 N–H and O–H groups in total. The lowest BCUT2D eigenvalue weighted by Gasteiger charge is -2.17. The van der Waals surface area contributed by atoms with Crippen LogP contribution in [0.3, 0.4) is 0 Å². The summed E-state index contributed by atoms with van der Waals surface area (Å²) in [7, 11) is 1.42. The fraction of sp³-hybridized carbons (Fsp3) is 0.500. The van der Waals surface area contributed by atoms with Gasteiger partial charge in [0, 0.05) is 0 Å². The van der Waals surface area contributed by atoms with Crippen LogP contribution in [0.25, 0.3) is 11.0 Å². The summed E-state index contributed by atoms with van der Waals surface area (Å²) < 4.78 is 6.88. The van der Waals surface area contributed by atoms with Gasteiger partial charge in [0.1, 0.15) is 6.04 Å². The van der Waals surface area contributed by atoms with Crippen molar-refractivity contribution in [1.82, 2.24) is 14.9 Å². The molecule has 0 fully saturated rings. The van der Waals surface area contributed by atoms with Gasteiger partial charge in [-0.1, -0.05) is 6.92 Å². The van der Waals surface area contributed by atoms with Crippen molar-refractivity contribution in [2.75, 3.05) is 13.7 Å². The van der Waals surface area contributed by atoms with Gasteiger partial charge in [-0.3, -0.25) is 4.79 Å². The molecule has 0 aliphatic carbocycles. The van der Waals surface area contributed by atoms with Crippen LogP contribution in [-0.2, 0) is 16.1 Å². The van der Waals surface area contributed by atoms with E-state index in [0.717, 1.165) is 24.0 Å². The van der Waals surface area contributed by atoms with Gasteiger partial charge in [-0.05, 0) is 50.1 Å². The number of benzene rings is 1. The molecule has 5 nitrogen and oxygen atoms in total. The van der Waals surface area contributed by atoms with E-state index in [2.05, 4.69) is 43.2 Å². The highest BCUT2D eigenvalue weighted by Crippen LogP contribution is 2.18. The lowest BCUT2D eigenvalue weighted by molar-refractivity contribution is -0.143. The van der Waals surface area contributed by atoms with Crippen LogP contribution in [0.1, 0.15) is 24.5 Å². The van der Waals surface area contributed by atoms with E-state index in [-0.39, 0.29) is 12.0 Å². The first kappa shape index (κ1) is 15.5. The molecule has 0 bridgehead atoms. The molecule has 1 heterocycles. The lowest BCUT2D eigenvalue weighted by atomic mass is 10.1. The van der Waals surface area contributed by atoms with Crippen LogP contribution in [0, 0.1) is 13.8 Å². The molecular weight excluding hydrogens is 266 g/mol. The Labute approximate surface area is 125 Å². The summed E-state index contributed by atoms with van der Waals surface area (Å²) in [4.78, 5) is 16.3. The minimum absolute atomic E-state index is 0.242. The van der Waals surface area contributed by atoms with Crippen LogP contribution < -0.4 is 5.32 Å². The summed E-state index contributed by atoms with van der Waals surface area (Å²) in [5, 5.41) is 3.23. The zero-order valence-corrected chi connectivity index (χ0v) is 13.1. The molecule has 2 aromatic rings. The molecule has 1 atom stereocenters. The molecule has 5 heteroatoms. The minimum atomic E-state index is -0.353. The van der Waals surface area contributed by atoms with Crippen molar-refractivity contribution >= 4 is 17.0 Å². The van der Waals surface area contributed by atoms with E-state index >= 15 is 0 Å². The van der Waals surface area contributed by atoms with E-state index < -0.39 is 0 Å². The van der Waals surface area contributed by atoms with Gasteiger partial charge >= 0.3 is 5.97 Å². The molecule has 0 aliphatic heterocycles. The third kappa shape index (κ3) is 3.42. The fourth-order valence-corrected chi connectivity index (χ4v) is 2.34. The number of aryl methyl sites for hydroxylation is 2. The average Bonchev–Trinajstić information content (AvgIpc) is 2.85. The number of esters is 1. The molecule has 114 valence electrons. The van der Waals surface area contributed by atoms with Crippen LogP contribution in [-0.4, -0.2) is 35.2 Å². The quantitative estimate of drug-likeness (QED) is 0.828. The van der Waals surface area contributed by atoms with Crippen molar-refractivity contribution in [2.24, 2.45) is 0 Å². The number of carbonyl (C=O) groups is 1. The normalized spacial score (nSPS) is 12.6. The summed E-state index contributed by atoms with van der Waals surface area (Å²) in [6.45, 7) is 7.53. The van der Waals surface area contributed by atoms with Gasteiger partial charge in [-0.25, -0.2) is 4.98 Å². The molecule has 0 aliphatic rings. The van der Waals surface area contributed by atoms with Gasteiger partial charge < -0.3 is 14.6 Å². The third-order valence-corrected chi connectivity index (χ3v) is 3.74. The number of fused-ring (bicyclic) bond motifs is 1. The highest BCUT2D eigenvalue weighted by molar-refractivity contribution is 5.79. The Morgan fingerprint density at radius 1 is 1.38 bits per heavy atom. The number of methoxy groups -OCH3 is 1. The third-order valence-electron chi connectivity index (χ3n) is 3.74. The number of hydrogen-bond acceptors (Lipinski definition) is 4. The Bertz CT molecular complexity index is 634. The molecule has 0 amide bonds. The molecule has 0 spiro atoms. The average molecular weight is 289 g/mol. The van der Waals surface area contributed by atoms with Gasteiger partial charge in [-0.15, -0.1) is 0 Å². The fourth-order valence-electron chi connectivity index (χ4n) is 2.34. The minimum Gasteiger partial charge on any atom is -0.468 e. The van der Waals surface area contributed by atoms with Gasteiger partial charge in [0.25, 0.3) is 0 Å². The van der Waals surface area contributed by atoms with Gasteiger partial charge in [0.05, 0.1) is 31.0 Å². The van der Waals surface area contributed by atoms with Crippen molar-refractivity contribution in [3.8, 4) is 0 Å². The molecule has 1 aromatic carbocycles. The lowest BCUT2D eigenvalue weighted by Crippen LogP contribution is -2.41. The largest absolute Gasteiger partial charge is 0.468 e. The zero-order chi connectivity index (χ0) is 15.4. The van der Waals surface area contributed by atoms with E-state index in [1.807, 2.05) is 4.57 Å². The van der Waals surface area contributed by atoms with Crippen molar-refractivity contribution in [1.29, 1.82) is 0 Å². The van der Waals surface area contributed by atoms with E-state index in [0.29, 0.717) is 6.54 Å². The van der Waals surface area contributed by atoms with E-state index in [4.69, 9.17) is 4.74 Å². The number of imidazole rings is 1. The maximum absolute atomic E-state index is 11.9. The first-order chi connectivity index (χ1) is 10.1. The van der Waals surface area contributed by atoms with Gasteiger partial charge in [0.15, 0.2) is 0 Å². The van der Waals surface area contributed by atoms with Gasteiger partial charge in [-0.2, -0.15) is 0 Å². The second kappa shape index (κ2) is 6.72. The highest BCUT2D eigenvalue weighted by atomic mass is 16.5. The van der Waals surface area contributed by atoms with Crippen molar-refractivity contribution < 1.29 is 9.53 Å². The predicted octanol–water partition coefficient (Wildman–Crippen LogP) is 2.19. The van der Waals surface area contributed by atoms with Crippen LogP contribution in [0.4, 0.5) is 0 Å². The molecule has 2 rings (SSSR count). The van der Waals surface area contributed by atoms with Crippen LogP contribution in [0.15, 0.2) is 18.5 Å². The molecule has 1 aromatic heterocycles. The standard InChI is InChI=1S/C16H23N3O2/c1-5-6-17-14(16(20)21-4)9-19-10-18-13-7-11(2)12(3)8-15(13)19/h7-8,10,14,17H,5-6,9H2,1-4H3. The summed E-state index contributed by atoms with van der Waals surface area (Å²) in [6, 6.07) is 3.84. The molecule has 0 radical (unpaired) electrons. The molecule has 0 saturated heterocycles. The Morgan fingerprint density at radius 3 is 2.76 bits per heavy atom. The topological polar surface area (TPSA) is 56.2 Å². The molecule has 21 heavy (non-hydrogen) atoms. The van der Waals surface area contributed by atoms with E-state index in [9.17, 15) is 4.79 Å². The highest BCUT2D eigenvalue weighted by Gasteiger charge is 2.19. The SMILES string of the molecule is CCCNC(Cn1cnc2cc(C)c(C)cc21)C(=O)OC. The second-order valence-corrected chi connectivity index (χ2v) is 5.35. The Kier molecular flexibility index (Phi) is 4.96. The van der Waals surface area contributed by atoms with Gasteiger partial charge in [0.2, 0.25) is 0 Å². The second-order valence-electron chi connectivity index (χ2n) is 5.35. The monoisotopic (exact) mass is 289 g/mol. The predicted molar refractivity (Wildman–Crippen MR) is 83.3 cm³/mol. The number of aromatic nitrogens is 2. The maximum Gasteiger partial charge on any atom is 0.324 e. The van der Waals surface area contributed by atoms with Crippen LogP contribution in [0.5, 0.6) is 0 Å². The number of hydrogen-bond donors (Lipinski definition) is 1. The number of carbonyl (C=O) groups excluding carboxylic acids is 1. The Morgan fingerprint density at radius 2 is 2.10 bits per heavy atom. The van der Waals surface area contributed by atoms with Crippen molar-refractivity contribution in [3.63, 3.8) is 0 Å². The van der Waals surface area contributed by atoms with Crippen molar-refractivity contribution in [2.45, 2.75) is 39.8 Å². The number of nitrogens with zero attached hydrogens (tertiary/aromatic N) is 2. The van der Waals surface area contributed by atoms with E-state index in [1.165, 1.54) is 18.2 Å². The summed E-state index contributed by atoms with van der Waals surface area (Å²) in [5.74, 6) is -0.242. The van der Waals surface area contributed by atoms with E-state index in [1.54, 1.807) is 6.33 Å². The van der Waals surface area contributed by atoms with Crippen LogP contribution in [0.2, 0.25) is 0 Å². The summed E-state index contributed by atoms with van der Waals surface area (Å²) in [5.41, 5.74) is 4.45. The summed E-state index contributed by atoms with van der Waals surface area (Å²) >= 11 is 0. The number of ether oxygens (including phenoxy) is 1. The Hall–Kier alpha value is -1.88. The number of nitrogens with one attached hydrogen (secondary N) is 1. The zero-order valence-electron chi connectivity index (χ0n) is 13.1. The molecule has 0 saturated carbocycles. The first-order valence-electron chi connectivity index (χ1n) is 7.30. The van der Waals surface area contributed by atoms with Crippen LogP contribution >= 0.6 is 0 Å². The number of rotatable bonds is 6. The molecule has 1 unspecified atom stereocenters. The first-order valence-corrected chi connectivity index (χ1v) is 7.30. The summed E-state index contributed by atoms with van der Waals surface area (Å²) in [6.07, 6.45) is 2.75. The molecular formula is C16H23N3O2. The Balaban J connectivity index is 2.28.